The highest BCUT2D eigenvalue weighted by Gasteiger charge is 2.18. The molecule has 1 amide bonds. The van der Waals surface area contributed by atoms with Crippen molar-refractivity contribution in [2.75, 3.05) is 6.54 Å². The third-order valence-corrected chi connectivity index (χ3v) is 3.92. The first-order valence-electron chi connectivity index (χ1n) is 8.47. The number of amides is 1. The zero-order valence-electron chi connectivity index (χ0n) is 15.1. The molecule has 1 N–H and O–H groups in total. The number of pyridine rings is 1. The van der Waals surface area contributed by atoms with E-state index in [2.05, 4.69) is 52.0 Å². The molecule has 2 heterocycles. The fourth-order valence-corrected chi connectivity index (χ4v) is 2.47. The van der Waals surface area contributed by atoms with E-state index in [1.165, 1.54) is 0 Å². The number of carbonyl (C=O) groups is 1. The quantitative estimate of drug-likeness (QED) is 0.879. The highest BCUT2D eigenvalue weighted by Crippen LogP contribution is 2.24. The fourth-order valence-electron chi connectivity index (χ4n) is 2.47. The van der Waals surface area contributed by atoms with Crippen LogP contribution in [0.4, 0.5) is 0 Å². The lowest BCUT2D eigenvalue weighted by atomic mass is 10.0. The molecule has 0 saturated carbocycles. The monoisotopic (exact) mass is 316 g/mol. The fraction of sp³-hybridized carbons (Fsp3) is 0.611. The highest BCUT2D eigenvalue weighted by molar-refractivity contribution is 6.05. The molecular weight excluding hydrogens is 288 g/mol. The van der Waals surface area contributed by atoms with Crippen molar-refractivity contribution in [2.24, 2.45) is 5.92 Å². The maximum absolute atomic E-state index is 12.6. The van der Waals surface area contributed by atoms with E-state index in [9.17, 15) is 4.79 Å². The smallest absolute Gasteiger partial charge is 0.252 e. The Hall–Kier alpha value is -1.91. The van der Waals surface area contributed by atoms with Gasteiger partial charge in [0, 0.05) is 18.3 Å². The van der Waals surface area contributed by atoms with E-state index in [4.69, 9.17) is 4.98 Å². The molecule has 0 aromatic carbocycles. The Morgan fingerprint density at radius 1 is 1.22 bits per heavy atom. The Balaban J connectivity index is 2.43. The molecule has 0 fully saturated rings. The van der Waals surface area contributed by atoms with Crippen LogP contribution in [-0.2, 0) is 0 Å². The standard InChI is InChI=1S/C18H28N4O/c1-11(2)7-8-19-18(23)14-9-16(12(3)4)21-17-15(14)10-20-22(17)13(5)6/h9-13H,7-8H2,1-6H3,(H,19,23). The molecule has 126 valence electrons. The summed E-state index contributed by atoms with van der Waals surface area (Å²) in [6, 6.07) is 2.11. The second-order valence-electron chi connectivity index (χ2n) is 7.11. The van der Waals surface area contributed by atoms with Gasteiger partial charge in [0.1, 0.15) is 0 Å². The van der Waals surface area contributed by atoms with Gasteiger partial charge in [-0.3, -0.25) is 4.79 Å². The van der Waals surface area contributed by atoms with Gasteiger partial charge in [0.2, 0.25) is 0 Å². The number of rotatable bonds is 6. The Morgan fingerprint density at radius 2 is 1.91 bits per heavy atom. The SMILES string of the molecule is CC(C)CCNC(=O)c1cc(C(C)C)nc2c1cnn2C(C)C. The van der Waals surface area contributed by atoms with Crippen LogP contribution in [0.15, 0.2) is 12.3 Å². The van der Waals surface area contributed by atoms with Gasteiger partial charge < -0.3 is 5.32 Å². The second kappa shape index (κ2) is 7.11. The number of hydrogen-bond acceptors (Lipinski definition) is 3. The van der Waals surface area contributed by atoms with Gasteiger partial charge in [0.25, 0.3) is 5.91 Å². The molecule has 5 nitrogen and oxygen atoms in total. The Kier molecular flexibility index (Phi) is 5.39. The van der Waals surface area contributed by atoms with Crippen molar-refractivity contribution in [3.8, 4) is 0 Å². The largest absolute Gasteiger partial charge is 0.352 e. The van der Waals surface area contributed by atoms with Crippen LogP contribution >= 0.6 is 0 Å². The molecule has 0 aliphatic heterocycles. The maximum atomic E-state index is 12.6. The maximum Gasteiger partial charge on any atom is 0.252 e. The zero-order valence-corrected chi connectivity index (χ0v) is 15.1. The van der Waals surface area contributed by atoms with Crippen molar-refractivity contribution >= 4 is 16.9 Å². The van der Waals surface area contributed by atoms with Gasteiger partial charge in [-0.25, -0.2) is 9.67 Å². The van der Waals surface area contributed by atoms with Crippen LogP contribution in [0.3, 0.4) is 0 Å². The van der Waals surface area contributed by atoms with Crippen LogP contribution in [-0.4, -0.2) is 27.2 Å². The third-order valence-electron chi connectivity index (χ3n) is 3.92. The van der Waals surface area contributed by atoms with E-state index in [0.717, 1.165) is 23.1 Å². The van der Waals surface area contributed by atoms with Gasteiger partial charge in [0.15, 0.2) is 5.65 Å². The topological polar surface area (TPSA) is 59.8 Å². The number of carbonyl (C=O) groups excluding carboxylic acids is 1. The molecule has 2 aromatic rings. The van der Waals surface area contributed by atoms with Gasteiger partial charge >= 0.3 is 0 Å². The molecule has 23 heavy (non-hydrogen) atoms. The molecule has 0 unspecified atom stereocenters. The Morgan fingerprint density at radius 3 is 2.48 bits per heavy atom. The minimum Gasteiger partial charge on any atom is -0.352 e. The summed E-state index contributed by atoms with van der Waals surface area (Å²) in [6.45, 7) is 13.3. The molecular formula is C18H28N4O. The van der Waals surface area contributed by atoms with Gasteiger partial charge in [-0.1, -0.05) is 27.7 Å². The molecule has 0 spiro atoms. The van der Waals surface area contributed by atoms with Crippen LogP contribution in [0, 0.1) is 5.92 Å². The molecule has 5 heteroatoms. The molecule has 2 rings (SSSR count). The highest BCUT2D eigenvalue weighted by atomic mass is 16.1. The summed E-state index contributed by atoms with van der Waals surface area (Å²) in [5.74, 6) is 0.794. The predicted octanol–water partition coefficient (Wildman–Crippen LogP) is 3.91. The van der Waals surface area contributed by atoms with E-state index >= 15 is 0 Å². The Bertz CT molecular complexity index is 686. The molecule has 0 bridgehead atoms. The van der Waals surface area contributed by atoms with E-state index in [1.54, 1.807) is 6.20 Å². The lowest BCUT2D eigenvalue weighted by molar-refractivity contribution is 0.0953. The molecule has 0 aliphatic rings. The average Bonchev–Trinajstić information content (AvgIpc) is 2.89. The lowest BCUT2D eigenvalue weighted by Gasteiger charge is -2.12. The van der Waals surface area contributed by atoms with Crippen molar-refractivity contribution in [3.05, 3.63) is 23.5 Å². The summed E-state index contributed by atoms with van der Waals surface area (Å²) in [6.07, 6.45) is 2.73. The van der Waals surface area contributed by atoms with E-state index in [-0.39, 0.29) is 17.9 Å². The van der Waals surface area contributed by atoms with Gasteiger partial charge in [0.05, 0.1) is 17.1 Å². The predicted molar refractivity (Wildman–Crippen MR) is 93.8 cm³/mol. The summed E-state index contributed by atoms with van der Waals surface area (Å²) in [5.41, 5.74) is 2.39. The van der Waals surface area contributed by atoms with Crippen molar-refractivity contribution in [1.29, 1.82) is 0 Å². The van der Waals surface area contributed by atoms with Crippen molar-refractivity contribution in [2.45, 2.75) is 59.9 Å². The normalized spacial score (nSPS) is 11.9. The van der Waals surface area contributed by atoms with Crippen LogP contribution in [0.5, 0.6) is 0 Å². The third kappa shape index (κ3) is 3.89. The summed E-state index contributed by atoms with van der Waals surface area (Å²) in [7, 11) is 0. The minimum atomic E-state index is -0.0387. The van der Waals surface area contributed by atoms with Crippen molar-refractivity contribution < 1.29 is 4.79 Å². The lowest BCUT2D eigenvalue weighted by Crippen LogP contribution is -2.26. The molecule has 2 aromatic heterocycles. The molecule has 0 saturated heterocycles. The first-order valence-corrected chi connectivity index (χ1v) is 8.47. The number of hydrogen-bond donors (Lipinski definition) is 1. The summed E-state index contributed by atoms with van der Waals surface area (Å²) in [5, 5.41) is 8.27. The molecule has 0 atom stereocenters. The second-order valence-corrected chi connectivity index (χ2v) is 7.11. The zero-order chi connectivity index (χ0) is 17.1. The number of nitrogens with zero attached hydrogens (tertiary/aromatic N) is 3. The molecule has 0 radical (unpaired) electrons. The van der Waals surface area contributed by atoms with E-state index in [1.807, 2.05) is 10.7 Å². The van der Waals surface area contributed by atoms with Crippen LogP contribution in [0.25, 0.3) is 11.0 Å². The first-order chi connectivity index (χ1) is 10.8. The van der Waals surface area contributed by atoms with Crippen LogP contribution in [0.1, 0.15) is 76.0 Å². The average molecular weight is 316 g/mol. The number of fused-ring (bicyclic) bond motifs is 1. The van der Waals surface area contributed by atoms with Crippen LogP contribution in [0.2, 0.25) is 0 Å². The summed E-state index contributed by atoms with van der Waals surface area (Å²) >= 11 is 0. The van der Waals surface area contributed by atoms with Gasteiger partial charge in [-0.15, -0.1) is 0 Å². The number of nitrogens with one attached hydrogen (secondary N) is 1. The van der Waals surface area contributed by atoms with E-state index in [0.29, 0.717) is 18.0 Å². The van der Waals surface area contributed by atoms with Gasteiger partial charge in [-0.2, -0.15) is 5.10 Å². The first kappa shape index (κ1) is 17.4. The van der Waals surface area contributed by atoms with Crippen molar-refractivity contribution in [1.82, 2.24) is 20.1 Å². The van der Waals surface area contributed by atoms with Crippen molar-refractivity contribution in [3.63, 3.8) is 0 Å². The van der Waals surface area contributed by atoms with Gasteiger partial charge in [-0.05, 0) is 38.2 Å². The number of aromatic nitrogens is 3. The van der Waals surface area contributed by atoms with E-state index < -0.39 is 0 Å². The van der Waals surface area contributed by atoms with Crippen LogP contribution < -0.4 is 5.32 Å². The summed E-state index contributed by atoms with van der Waals surface area (Å²) in [4.78, 5) is 17.3. The molecule has 0 aliphatic carbocycles. The summed E-state index contributed by atoms with van der Waals surface area (Å²) < 4.78 is 1.88. The Labute approximate surface area is 138 Å². The minimum absolute atomic E-state index is 0.0387.